The van der Waals surface area contributed by atoms with Crippen molar-refractivity contribution in [2.24, 2.45) is 0 Å². The molecule has 0 atom stereocenters. The Morgan fingerprint density at radius 1 is 0.727 bits per heavy atom. The van der Waals surface area contributed by atoms with E-state index in [4.69, 9.17) is 0 Å². The number of rotatable bonds is 4. The van der Waals surface area contributed by atoms with Gasteiger partial charge >= 0.3 is 59.1 Å². The van der Waals surface area contributed by atoms with E-state index in [0.717, 1.165) is 0 Å². The van der Waals surface area contributed by atoms with Crippen molar-refractivity contribution in [1.82, 2.24) is 0 Å². The van der Waals surface area contributed by atoms with Crippen LogP contribution in [0.15, 0.2) is 60.7 Å². The minimum Gasteiger partial charge on any atom is -0.507 e. The fourth-order valence-corrected chi connectivity index (χ4v) is 1.66. The molecule has 0 bridgehead atoms. The van der Waals surface area contributed by atoms with Crippen molar-refractivity contribution in [3.63, 3.8) is 0 Å². The summed E-state index contributed by atoms with van der Waals surface area (Å²) in [6.07, 6.45) is 5.83. The van der Waals surface area contributed by atoms with Crippen molar-refractivity contribution in [3.05, 3.63) is 71.8 Å². The fraction of sp³-hybridized carbons (Fsp3) is 0. The van der Waals surface area contributed by atoms with Crippen LogP contribution >= 0.6 is 0 Å². The number of hydrogen-bond donors (Lipinski definition) is 2. The quantitative estimate of drug-likeness (QED) is 0.481. The summed E-state index contributed by atoms with van der Waals surface area (Å²) in [5.41, 5.74) is 1.16. The summed E-state index contributed by atoms with van der Waals surface area (Å²) in [5.74, 6) is 0.0268. The van der Waals surface area contributed by atoms with Crippen LogP contribution in [0.25, 0.3) is 12.2 Å². The first-order valence-corrected chi connectivity index (χ1v) is 6.13. The maximum Gasteiger partial charge on any atom is 1.00 e. The summed E-state index contributed by atoms with van der Waals surface area (Å²) >= 11 is 0. The average Bonchev–Trinajstić information content (AvgIpc) is 2.45. The topological polar surface area (TPSA) is 57.5 Å². The maximum absolute atomic E-state index is 11.7. The largest absolute Gasteiger partial charge is 1.00 e. The Morgan fingerprint density at radius 2 is 1.09 bits per heavy atom. The summed E-state index contributed by atoms with van der Waals surface area (Å²) < 4.78 is 0. The van der Waals surface area contributed by atoms with E-state index < -0.39 is 0 Å². The third-order valence-corrected chi connectivity index (χ3v) is 2.73. The third-order valence-electron chi connectivity index (χ3n) is 2.73. The van der Waals surface area contributed by atoms with Crippen LogP contribution in [0.1, 0.15) is 11.1 Å². The summed E-state index contributed by atoms with van der Waals surface area (Å²) in [6.45, 7) is 0. The second kappa shape index (κ2) is 10.8. The second-order valence-corrected chi connectivity index (χ2v) is 4.19. The van der Waals surface area contributed by atoms with Gasteiger partial charge in [0, 0.05) is 11.1 Å². The molecule has 0 aromatic heterocycles. The number of hydrogen-bond acceptors (Lipinski definition) is 3. The van der Waals surface area contributed by atoms with Crippen LogP contribution in [0.5, 0.6) is 11.5 Å². The van der Waals surface area contributed by atoms with Gasteiger partial charge in [0.1, 0.15) is 11.5 Å². The summed E-state index contributed by atoms with van der Waals surface area (Å²) in [5, 5.41) is 19.1. The number of phenols is 2. The number of para-hydroxylation sites is 2. The Bertz CT molecular complexity index is 622. The molecule has 0 saturated carbocycles. The van der Waals surface area contributed by atoms with Gasteiger partial charge in [-0.2, -0.15) is 0 Å². The number of carbonyl (C=O) groups is 1. The van der Waals surface area contributed by atoms with E-state index in [1.54, 1.807) is 60.7 Å². The second-order valence-electron chi connectivity index (χ2n) is 4.19. The van der Waals surface area contributed by atoms with Gasteiger partial charge in [-0.05, 0) is 36.4 Å². The van der Waals surface area contributed by atoms with Gasteiger partial charge in [0.15, 0.2) is 5.78 Å². The molecule has 0 unspecified atom stereocenters. The molecule has 0 aliphatic rings. The molecule has 0 aliphatic heterocycles. The molecule has 22 heavy (non-hydrogen) atoms. The normalized spacial score (nSPS) is 10.2. The van der Waals surface area contributed by atoms with Gasteiger partial charge in [-0.1, -0.05) is 36.4 Å². The van der Waals surface area contributed by atoms with Crippen LogP contribution in [-0.4, -0.2) is 16.0 Å². The molecule has 0 fully saturated rings. The molecule has 0 saturated heterocycles. The Kier molecular flexibility index (Phi) is 10.4. The van der Waals surface area contributed by atoms with Crippen molar-refractivity contribution in [2.75, 3.05) is 0 Å². The first kappa shape index (κ1) is 21.2. The number of phenolic OH excluding ortho intramolecular Hbond substituents is 2. The summed E-state index contributed by atoms with van der Waals surface area (Å²) in [7, 11) is 0. The van der Waals surface area contributed by atoms with Crippen LogP contribution in [-0.2, 0) is 4.79 Å². The molecule has 3 nitrogen and oxygen atoms in total. The number of carbonyl (C=O) groups excluding carboxylic acids is 1. The first-order chi connectivity index (χ1) is 9.66. The van der Waals surface area contributed by atoms with Crippen LogP contribution in [0, 0.1) is 0 Å². The number of ketones is 1. The predicted octanol–water partition coefficient (Wildman–Crippen LogP) is -2.60. The average molecular weight is 312 g/mol. The molecule has 0 spiro atoms. The first-order valence-electron chi connectivity index (χ1n) is 6.13. The zero-order chi connectivity index (χ0) is 14.4. The molecule has 2 rings (SSSR count). The molecular formula is C17H14Na2O3+2. The van der Waals surface area contributed by atoms with Crippen molar-refractivity contribution in [3.8, 4) is 11.5 Å². The van der Waals surface area contributed by atoms with Gasteiger partial charge in [-0.3, -0.25) is 4.79 Å². The zero-order valence-electron chi connectivity index (χ0n) is 12.7. The fourth-order valence-electron chi connectivity index (χ4n) is 1.66. The maximum atomic E-state index is 11.7. The van der Waals surface area contributed by atoms with Gasteiger partial charge in [0.05, 0.1) is 0 Å². The van der Waals surface area contributed by atoms with Crippen LogP contribution in [0.2, 0.25) is 0 Å². The number of benzene rings is 2. The predicted molar refractivity (Wildman–Crippen MR) is 79.3 cm³/mol. The van der Waals surface area contributed by atoms with Crippen LogP contribution < -0.4 is 59.1 Å². The minimum absolute atomic E-state index is 0. The monoisotopic (exact) mass is 312 g/mol. The van der Waals surface area contributed by atoms with Crippen molar-refractivity contribution in [1.29, 1.82) is 0 Å². The summed E-state index contributed by atoms with van der Waals surface area (Å²) in [6, 6.07) is 13.5. The standard InChI is InChI=1S/C17H14O3.2Na/c18-15(11-9-13-5-1-3-7-16(13)19)12-10-14-6-2-4-8-17(14)20;;/h1-12,19-20H;;/q;2*+1/b11-9+,12-10+;;. The number of allylic oxidation sites excluding steroid dienone is 2. The van der Waals surface area contributed by atoms with Gasteiger partial charge < -0.3 is 10.2 Å². The van der Waals surface area contributed by atoms with Crippen LogP contribution in [0.3, 0.4) is 0 Å². The molecule has 2 aromatic carbocycles. The Labute approximate surface area is 174 Å². The van der Waals surface area contributed by atoms with E-state index in [0.29, 0.717) is 11.1 Å². The van der Waals surface area contributed by atoms with Crippen LogP contribution in [0.4, 0.5) is 0 Å². The van der Waals surface area contributed by atoms with Gasteiger partial charge in [-0.15, -0.1) is 0 Å². The van der Waals surface area contributed by atoms with Gasteiger partial charge in [0.2, 0.25) is 0 Å². The SMILES string of the molecule is O=C(/C=C/c1ccccc1O)/C=C/c1ccccc1O.[Na+].[Na+]. The number of aromatic hydroxyl groups is 2. The smallest absolute Gasteiger partial charge is 0.507 e. The molecule has 100 valence electrons. The van der Waals surface area contributed by atoms with E-state index in [1.807, 2.05) is 0 Å². The molecule has 2 N–H and O–H groups in total. The molecule has 0 amide bonds. The van der Waals surface area contributed by atoms with Crippen molar-refractivity contribution >= 4 is 17.9 Å². The third kappa shape index (κ3) is 6.53. The molecule has 0 aliphatic carbocycles. The van der Waals surface area contributed by atoms with Crippen molar-refractivity contribution in [2.45, 2.75) is 0 Å². The Morgan fingerprint density at radius 3 is 1.45 bits per heavy atom. The van der Waals surface area contributed by atoms with Gasteiger partial charge in [0.25, 0.3) is 0 Å². The molecule has 0 heterocycles. The van der Waals surface area contributed by atoms with E-state index >= 15 is 0 Å². The van der Waals surface area contributed by atoms with Crippen molar-refractivity contribution < 1.29 is 74.1 Å². The van der Waals surface area contributed by atoms with E-state index in [-0.39, 0.29) is 76.4 Å². The Hall–Kier alpha value is -0.810. The van der Waals surface area contributed by atoms with E-state index in [2.05, 4.69) is 0 Å². The van der Waals surface area contributed by atoms with Gasteiger partial charge in [-0.25, -0.2) is 0 Å². The summed E-state index contributed by atoms with van der Waals surface area (Å²) in [4.78, 5) is 11.7. The molecule has 2 aromatic rings. The minimum atomic E-state index is -0.225. The molecule has 5 heteroatoms. The molecular weight excluding hydrogens is 298 g/mol. The van der Waals surface area contributed by atoms with E-state index in [9.17, 15) is 15.0 Å². The Balaban J connectivity index is 0.00000220. The van der Waals surface area contributed by atoms with E-state index in [1.165, 1.54) is 12.2 Å². The molecule has 0 radical (unpaired) electrons. The zero-order valence-corrected chi connectivity index (χ0v) is 16.7.